The molecule has 0 aliphatic rings. The zero-order valence-electron chi connectivity index (χ0n) is 13.5. The van der Waals surface area contributed by atoms with Crippen LogP contribution in [0.15, 0.2) is 24.3 Å². The van der Waals surface area contributed by atoms with Gasteiger partial charge in [-0.15, -0.1) is 0 Å². The Morgan fingerprint density at radius 3 is 2.55 bits per heavy atom. The lowest BCUT2D eigenvalue weighted by Crippen LogP contribution is -2.34. The van der Waals surface area contributed by atoms with Gasteiger partial charge in [0, 0.05) is 18.2 Å². The summed E-state index contributed by atoms with van der Waals surface area (Å²) < 4.78 is 5.78. The van der Waals surface area contributed by atoms with Crippen molar-refractivity contribution in [2.24, 2.45) is 0 Å². The van der Waals surface area contributed by atoms with Crippen molar-refractivity contribution in [2.75, 3.05) is 33.3 Å². The van der Waals surface area contributed by atoms with Gasteiger partial charge in [-0.1, -0.05) is 32.0 Å². The first kappa shape index (κ1) is 17.0. The monoisotopic (exact) mass is 278 g/mol. The van der Waals surface area contributed by atoms with Crippen molar-refractivity contribution in [1.82, 2.24) is 10.2 Å². The van der Waals surface area contributed by atoms with Crippen LogP contribution >= 0.6 is 0 Å². The van der Waals surface area contributed by atoms with E-state index in [2.05, 4.69) is 49.3 Å². The van der Waals surface area contributed by atoms with Gasteiger partial charge < -0.3 is 15.0 Å². The Morgan fingerprint density at radius 2 is 1.90 bits per heavy atom. The minimum Gasteiger partial charge on any atom is -0.494 e. The SMILES string of the molecule is CCCNC(CN(C)CCC)c1ccccc1OCC. The van der Waals surface area contributed by atoms with Crippen LogP contribution in [0.4, 0.5) is 0 Å². The van der Waals surface area contributed by atoms with Gasteiger partial charge in [-0.3, -0.25) is 0 Å². The summed E-state index contributed by atoms with van der Waals surface area (Å²) in [4.78, 5) is 2.38. The highest BCUT2D eigenvalue weighted by Crippen LogP contribution is 2.25. The predicted octanol–water partition coefficient (Wildman–Crippen LogP) is 3.47. The van der Waals surface area contributed by atoms with Crippen LogP contribution in [0.3, 0.4) is 0 Å². The minimum atomic E-state index is 0.328. The first-order valence-corrected chi connectivity index (χ1v) is 7.86. The van der Waals surface area contributed by atoms with E-state index >= 15 is 0 Å². The van der Waals surface area contributed by atoms with E-state index in [1.165, 1.54) is 12.0 Å². The number of benzene rings is 1. The fourth-order valence-electron chi connectivity index (χ4n) is 2.43. The first-order chi connectivity index (χ1) is 9.72. The molecule has 0 heterocycles. The smallest absolute Gasteiger partial charge is 0.124 e. The highest BCUT2D eigenvalue weighted by atomic mass is 16.5. The van der Waals surface area contributed by atoms with Crippen molar-refractivity contribution in [3.8, 4) is 5.75 Å². The van der Waals surface area contributed by atoms with Crippen molar-refractivity contribution < 1.29 is 4.74 Å². The largest absolute Gasteiger partial charge is 0.494 e. The molecule has 1 N–H and O–H groups in total. The van der Waals surface area contributed by atoms with Crippen molar-refractivity contribution >= 4 is 0 Å². The third-order valence-electron chi connectivity index (χ3n) is 3.33. The summed E-state index contributed by atoms with van der Waals surface area (Å²) in [6.07, 6.45) is 2.33. The predicted molar refractivity (Wildman–Crippen MR) is 86.4 cm³/mol. The first-order valence-electron chi connectivity index (χ1n) is 7.86. The van der Waals surface area contributed by atoms with Crippen molar-refractivity contribution in [3.63, 3.8) is 0 Å². The summed E-state index contributed by atoms with van der Waals surface area (Å²) in [6, 6.07) is 8.71. The van der Waals surface area contributed by atoms with Gasteiger partial charge in [-0.05, 0) is 46.0 Å². The topological polar surface area (TPSA) is 24.5 Å². The van der Waals surface area contributed by atoms with E-state index in [9.17, 15) is 0 Å². The molecule has 0 saturated heterocycles. The maximum absolute atomic E-state index is 5.78. The van der Waals surface area contributed by atoms with Gasteiger partial charge >= 0.3 is 0 Å². The lowest BCUT2D eigenvalue weighted by atomic mass is 10.0. The van der Waals surface area contributed by atoms with Gasteiger partial charge in [0.2, 0.25) is 0 Å². The molecule has 3 nitrogen and oxygen atoms in total. The fourth-order valence-corrected chi connectivity index (χ4v) is 2.43. The van der Waals surface area contributed by atoms with Crippen LogP contribution in [0.5, 0.6) is 5.75 Å². The van der Waals surface area contributed by atoms with E-state index in [-0.39, 0.29) is 0 Å². The molecule has 0 saturated carbocycles. The third-order valence-corrected chi connectivity index (χ3v) is 3.33. The quantitative estimate of drug-likeness (QED) is 0.709. The van der Waals surface area contributed by atoms with E-state index in [4.69, 9.17) is 4.74 Å². The summed E-state index contributed by atoms with van der Waals surface area (Å²) in [7, 11) is 2.19. The number of ether oxygens (including phenoxy) is 1. The van der Waals surface area contributed by atoms with Crippen molar-refractivity contribution in [2.45, 2.75) is 39.7 Å². The maximum Gasteiger partial charge on any atom is 0.124 e. The van der Waals surface area contributed by atoms with E-state index in [0.717, 1.165) is 31.8 Å². The van der Waals surface area contributed by atoms with Crippen LogP contribution in [0.25, 0.3) is 0 Å². The summed E-state index contributed by atoms with van der Waals surface area (Å²) in [6.45, 7) is 10.3. The van der Waals surface area contributed by atoms with Gasteiger partial charge in [-0.25, -0.2) is 0 Å². The molecule has 0 amide bonds. The van der Waals surface area contributed by atoms with Gasteiger partial charge in [0.05, 0.1) is 6.61 Å². The van der Waals surface area contributed by atoms with Crippen LogP contribution in [-0.2, 0) is 0 Å². The van der Waals surface area contributed by atoms with Crippen LogP contribution in [0.2, 0.25) is 0 Å². The Morgan fingerprint density at radius 1 is 1.15 bits per heavy atom. The molecule has 0 bridgehead atoms. The zero-order chi connectivity index (χ0) is 14.8. The number of hydrogen-bond donors (Lipinski definition) is 1. The lowest BCUT2D eigenvalue weighted by molar-refractivity contribution is 0.281. The molecule has 0 aliphatic carbocycles. The van der Waals surface area contributed by atoms with E-state index < -0.39 is 0 Å². The number of para-hydroxylation sites is 1. The third kappa shape index (κ3) is 5.51. The normalized spacial score (nSPS) is 12.7. The highest BCUT2D eigenvalue weighted by molar-refractivity contribution is 5.36. The second-order valence-corrected chi connectivity index (χ2v) is 5.24. The molecule has 0 radical (unpaired) electrons. The van der Waals surface area contributed by atoms with Gasteiger partial charge in [0.25, 0.3) is 0 Å². The second-order valence-electron chi connectivity index (χ2n) is 5.24. The Kier molecular flexibility index (Phi) is 8.31. The number of hydrogen-bond acceptors (Lipinski definition) is 3. The fraction of sp³-hybridized carbons (Fsp3) is 0.647. The van der Waals surface area contributed by atoms with Crippen molar-refractivity contribution in [3.05, 3.63) is 29.8 Å². The number of likely N-dealkylation sites (N-methyl/N-ethyl adjacent to an activating group) is 1. The highest BCUT2D eigenvalue weighted by Gasteiger charge is 2.17. The molecule has 0 aromatic heterocycles. The molecule has 114 valence electrons. The van der Waals surface area contributed by atoms with Crippen molar-refractivity contribution in [1.29, 1.82) is 0 Å². The lowest BCUT2D eigenvalue weighted by Gasteiger charge is -2.26. The standard InChI is InChI=1S/C17H30N2O/c1-5-12-18-16(14-19(4)13-6-2)15-10-8-9-11-17(15)20-7-3/h8-11,16,18H,5-7,12-14H2,1-4H3. The summed E-state index contributed by atoms with van der Waals surface area (Å²) in [5, 5.41) is 3.65. The van der Waals surface area contributed by atoms with Gasteiger partial charge in [0.15, 0.2) is 0 Å². The number of nitrogens with one attached hydrogen (secondary N) is 1. The Labute approximate surface area is 124 Å². The summed E-state index contributed by atoms with van der Waals surface area (Å²) >= 11 is 0. The minimum absolute atomic E-state index is 0.328. The molecule has 1 aromatic carbocycles. The average Bonchev–Trinajstić information content (AvgIpc) is 2.45. The van der Waals surface area contributed by atoms with Gasteiger partial charge in [-0.2, -0.15) is 0 Å². The van der Waals surface area contributed by atoms with Gasteiger partial charge in [0.1, 0.15) is 5.75 Å². The molecular weight excluding hydrogens is 248 g/mol. The maximum atomic E-state index is 5.78. The molecular formula is C17H30N2O. The zero-order valence-corrected chi connectivity index (χ0v) is 13.5. The second kappa shape index (κ2) is 9.78. The van der Waals surface area contributed by atoms with Crippen LogP contribution in [-0.4, -0.2) is 38.2 Å². The Bertz CT molecular complexity index is 368. The van der Waals surface area contributed by atoms with E-state index in [0.29, 0.717) is 12.6 Å². The Hall–Kier alpha value is -1.06. The molecule has 1 unspecified atom stereocenters. The van der Waals surface area contributed by atoms with Crippen LogP contribution in [0.1, 0.15) is 45.2 Å². The number of nitrogens with zero attached hydrogens (tertiary/aromatic N) is 1. The molecule has 1 atom stereocenters. The molecule has 0 spiro atoms. The molecule has 20 heavy (non-hydrogen) atoms. The molecule has 1 aromatic rings. The van der Waals surface area contributed by atoms with Crippen LogP contribution < -0.4 is 10.1 Å². The molecule has 3 heteroatoms. The number of rotatable bonds is 10. The van der Waals surface area contributed by atoms with E-state index in [1.807, 2.05) is 13.0 Å². The average molecular weight is 278 g/mol. The van der Waals surface area contributed by atoms with E-state index in [1.54, 1.807) is 0 Å². The summed E-state index contributed by atoms with van der Waals surface area (Å²) in [5.41, 5.74) is 1.27. The molecule has 0 fully saturated rings. The molecule has 1 rings (SSSR count). The van der Waals surface area contributed by atoms with Crippen LogP contribution in [0, 0.1) is 0 Å². The Balaban J connectivity index is 2.85. The molecule has 0 aliphatic heterocycles. The summed E-state index contributed by atoms with van der Waals surface area (Å²) in [5.74, 6) is 1.01.